The maximum atomic E-state index is 11.1. The number of carboxylic acid groups (broad SMARTS) is 1. The fourth-order valence-corrected chi connectivity index (χ4v) is 1.29. The summed E-state index contributed by atoms with van der Waals surface area (Å²) >= 11 is 0. The SMILES string of the molecule is CC(C)C(=O)OCCc1ccccc1.CCCC(=O)O. The van der Waals surface area contributed by atoms with E-state index in [0.717, 1.165) is 12.8 Å². The van der Waals surface area contributed by atoms with Crippen LogP contribution in [0, 0.1) is 5.92 Å². The van der Waals surface area contributed by atoms with Crippen molar-refractivity contribution in [3.8, 4) is 0 Å². The van der Waals surface area contributed by atoms with Gasteiger partial charge in [0.15, 0.2) is 0 Å². The zero-order valence-electron chi connectivity index (χ0n) is 12.5. The van der Waals surface area contributed by atoms with Crippen molar-refractivity contribution in [1.29, 1.82) is 0 Å². The van der Waals surface area contributed by atoms with Crippen LogP contribution in [0.3, 0.4) is 0 Å². The number of aliphatic carboxylic acids is 1. The number of benzene rings is 1. The molecule has 0 heterocycles. The lowest BCUT2D eigenvalue weighted by Gasteiger charge is -2.06. The first-order valence-corrected chi connectivity index (χ1v) is 6.89. The summed E-state index contributed by atoms with van der Waals surface area (Å²) in [6.45, 7) is 5.99. The van der Waals surface area contributed by atoms with Crippen LogP contribution < -0.4 is 0 Å². The van der Waals surface area contributed by atoms with E-state index >= 15 is 0 Å². The molecule has 0 atom stereocenters. The Morgan fingerprint density at radius 3 is 2.20 bits per heavy atom. The van der Waals surface area contributed by atoms with Crippen LogP contribution in [0.25, 0.3) is 0 Å². The van der Waals surface area contributed by atoms with Gasteiger partial charge < -0.3 is 9.84 Å². The number of hydrogen-bond acceptors (Lipinski definition) is 3. The van der Waals surface area contributed by atoms with Gasteiger partial charge in [0.2, 0.25) is 0 Å². The van der Waals surface area contributed by atoms with Crippen molar-refractivity contribution >= 4 is 11.9 Å². The Balaban J connectivity index is 0.000000511. The summed E-state index contributed by atoms with van der Waals surface area (Å²) in [4.78, 5) is 20.7. The molecule has 1 N–H and O–H groups in total. The smallest absolute Gasteiger partial charge is 0.308 e. The molecule has 4 nitrogen and oxygen atoms in total. The number of carboxylic acids is 1. The molecule has 0 aromatic heterocycles. The molecule has 1 aromatic rings. The van der Waals surface area contributed by atoms with Crippen molar-refractivity contribution in [2.45, 2.75) is 40.0 Å². The minimum atomic E-state index is -0.711. The van der Waals surface area contributed by atoms with Crippen molar-refractivity contribution < 1.29 is 19.4 Å². The van der Waals surface area contributed by atoms with Crippen LogP contribution in [-0.2, 0) is 20.7 Å². The van der Waals surface area contributed by atoms with E-state index in [9.17, 15) is 9.59 Å². The first-order valence-electron chi connectivity index (χ1n) is 6.89. The zero-order valence-corrected chi connectivity index (χ0v) is 12.5. The Morgan fingerprint density at radius 1 is 1.20 bits per heavy atom. The molecule has 0 aliphatic rings. The molecular formula is C16H24O4. The van der Waals surface area contributed by atoms with E-state index < -0.39 is 5.97 Å². The Bertz CT molecular complexity index is 385. The van der Waals surface area contributed by atoms with Crippen LogP contribution in [-0.4, -0.2) is 23.7 Å². The number of carbonyl (C=O) groups is 2. The number of rotatable bonds is 6. The Labute approximate surface area is 120 Å². The highest BCUT2D eigenvalue weighted by atomic mass is 16.5. The lowest BCUT2D eigenvalue weighted by Crippen LogP contribution is -2.13. The molecule has 20 heavy (non-hydrogen) atoms. The van der Waals surface area contributed by atoms with E-state index in [0.29, 0.717) is 13.0 Å². The predicted octanol–water partition coefficient (Wildman–Crippen LogP) is 3.30. The van der Waals surface area contributed by atoms with E-state index in [-0.39, 0.29) is 11.9 Å². The summed E-state index contributed by atoms with van der Waals surface area (Å²) < 4.78 is 5.07. The van der Waals surface area contributed by atoms with Crippen molar-refractivity contribution in [2.75, 3.05) is 6.61 Å². The van der Waals surface area contributed by atoms with E-state index in [4.69, 9.17) is 9.84 Å². The van der Waals surface area contributed by atoms with Gasteiger partial charge in [-0.25, -0.2) is 0 Å². The zero-order chi connectivity index (χ0) is 15.4. The fourth-order valence-electron chi connectivity index (χ4n) is 1.29. The number of carbonyl (C=O) groups excluding carboxylic acids is 1. The fraction of sp³-hybridized carbons (Fsp3) is 0.500. The number of ether oxygens (including phenoxy) is 1. The van der Waals surface area contributed by atoms with Crippen LogP contribution in [0.15, 0.2) is 30.3 Å². The van der Waals surface area contributed by atoms with Crippen LogP contribution in [0.5, 0.6) is 0 Å². The Morgan fingerprint density at radius 2 is 1.80 bits per heavy atom. The second-order valence-electron chi connectivity index (χ2n) is 4.70. The lowest BCUT2D eigenvalue weighted by atomic mass is 10.2. The summed E-state index contributed by atoms with van der Waals surface area (Å²) in [5.74, 6) is -0.871. The van der Waals surface area contributed by atoms with Crippen LogP contribution in [0.2, 0.25) is 0 Å². The molecule has 112 valence electrons. The minimum Gasteiger partial charge on any atom is -0.481 e. The largest absolute Gasteiger partial charge is 0.481 e. The predicted molar refractivity (Wildman–Crippen MR) is 78.5 cm³/mol. The highest BCUT2D eigenvalue weighted by Gasteiger charge is 2.07. The van der Waals surface area contributed by atoms with Gasteiger partial charge in [-0.3, -0.25) is 9.59 Å². The molecule has 0 bridgehead atoms. The molecule has 0 radical (unpaired) electrons. The van der Waals surface area contributed by atoms with E-state index in [1.165, 1.54) is 5.56 Å². The topological polar surface area (TPSA) is 63.6 Å². The van der Waals surface area contributed by atoms with Gasteiger partial charge in [0.25, 0.3) is 0 Å². The van der Waals surface area contributed by atoms with Crippen LogP contribution in [0.1, 0.15) is 39.2 Å². The molecule has 1 rings (SSSR count). The minimum absolute atomic E-state index is 0.0363. The standard InChI is InChI=1S/C12H16O2.C4H8O2/c1-10(2)12(13)14-9-8-11-6-4-3-5-7-11;1-2-3-4(5)6/h3-7,10H,8-9H2,1-2H3;2-3H2,1H3,(H,5,6). The van der Waals surface area contributed by atoms with E-state index in [2.05, 4.69) is 0 Å². The summed E-state index contributed by atoms with van der Waals surface area (Å²) in [7, 11) is 0. The molecule has 1 aromatic carbocycles. The molecule has 0 aliphatic carbocycles. The van der Waals surface area contributed by atoms with Gasteiger partial charge in [-0.1, -0.05) is 51.1 Å². The number of esters is 1. The van der Waals surface area contributed by atoms with E-state index in [1.807, 2.05) is 51.1 Å². The maximum absolute atomic E-state index is 11.1. The van der Waals surface area contributed by atoms with Gasteiger partial charge in [-0.05, 0) is 12.0 Å². The van der Waals surface area contributed by atoms with E-state index in [1.54, 1.807) is 0 Å². The van der Waals surface area contributed by atoms with Crippen molar-refractivity contribution in [2.24, 2.45) is 5.92 Å². The van der Waals surface area contributed by atoms with Gasteiger partial charge in [-0.2, -0.15) is 0 Å². The lowest BCUT2D eigenvalue weighted by molar-refractivity contribution is -0.147. The Hall–Kier alpha value is -1.84. The molecule has 4 heteroatoms. The quantitative estimate of drug-likeness (QED) is 0.812. The molecular weight excluding hydrogens is 256 g/mol. The monoisotopic (exact) mass is 280 g/mol. The highest BCUT2D eigenvalue weighted by Crippen LogP contribution is 2.01. The van der Waals surface area contributed by atoms with Gasteiger partial charge in [0.05, 0.1) is 12.5 Å². The molecule has 0 saturated carbocycles. The maximum Gasteiger partial charge on any atom is 0.308 e. The second kappa shape index (κ2) is 11.0. The third kappa shape index (κ3) is 10.1. The molecule has 0 unspecified atom stereocenters. The first-order chi connectivity index (χ1) is 9.47. The average Bonchev–Trinajstić information content (AvgIpc) is 2.40. The van der Waals surface area contributed by atoms with Gasteiger partial charge in [0, 0.05) is 12.8 Å². The molecule has 0 spiro atoms. The Kier molecular flexibility index (Phi) is 10.0. The first kappa shape index (κ1) is 18.2. The average molecular weight is 280 g/mol. The van der Waals surface area contributed by atoms with Crippen molar-refractivity contribution in [3.63, 3.8) is 0 Å². The molecule has 0 aliphatic heterocycles. The summed E-state index contributed by atoms with van der Waals surface area (Å²) in [5, 5.41) is 7.91. The summed E-state index contributed by atoms with van der Waals surface area (Å²) in [5.41, 5.74) is 1.20. The van der Waals surface area contributed by atoms with Crippen molar-refractivity contribution in [3.05, 3.63) is 35.9 Å². The third-order valence-electron chi connectivity index (χ3n) is 2.41. The van der Waals surface area contributed by atoms with Gasteiger partial charge >= 0.3 is 11.9 Å². The van der Waals surface area contributed by atoms with Crippen molar-refractivity contribution in [1.82, 2.24) is 0 Å². The summed E-state index contributed by atoms with van der Waals surface area (Å²) in [6, 6.07) is 10.0. The molecule has 0 amide bonds. The molecule has 0 saturated heterocycles. The summed E-state index contributed by atoms with van der Waals surface area (Å²) in [6.07, 6.45) is 1.81. The van der Waals surface area contributed by atoms with Gasteiger partial charge in [-0.15, -0.1) is 0 Å². The molecule has 0 fully saturated rings. The highest BCUT2D eigenvalue weighted by molar-refractivity contribution is 5.71. The normalized spacial score (nSPS) is 9.60. The number of hydrogen-bond donors (Lipinski definition) is 1. The van der Waals surface area contributed by atoms with Crippen LogP contribution >= 0.6 is 0 Å². The second-order valence-corrected chi connectivity index (χ2v) is 4.70. The van der Waals surface area contributed by atoms with Gasteiger partial charge in [0.1, 0.15) is 0 Å². The van der Waals surface area contributed by atoms with Crippen LogP contribution in [0.4, 0.5) is 0 Å². The third-order valence-corrected chi connectivity index (χ3v) is 2.41.